The minimum atomic E-state index is -0.190. The van der Waals surface area contributed by atoms with Crippen molar-refractivity contribution < 1.29 is 23.9 Å². The summed E-state index contributed by atoms with van der Waals surface area (Å²) in [5.41, 5.74) is 3.25. The number of carbonyl (C=O) groups excluding carboxylic acids is 3. The molecule has 0 aliphatic carbocycles. The lowest BCUT2D eigenvalue weighted by atomic mass is 10.1. The number of amides is 2. The Morgan fingerprint density at radius 1 is 1.09 bits per heavy atom. The van der Waals surface area contributed by atoms with Crippen LogP contribution >= 0.6 is 0 Å². The highest BCUT2D eigenvalue weighted by Crippen LogP contribution is 2.33. The van der Waals surface area contributed by atoms with Gasteiger partial charge in [0.25, 0.3) is 5.91 Å². The molecule has 1 aliphatic heterocycles. The maximum absolute atomic E-state index is 12.8. The van der Waals surface area contributed by atoms with Gasteiger partial charge in [0.2, 0.25) is 5.91 Å². The molecule has 33 heavy (non-hydrogen) atoms. The van der Waals surface area contributed by atoms with E-state index < -0.39 is 0 Å². The second-order valence-electron chi connectivity index (χ2n) is 8.28. The molecule has 0 fully saturated rings. The molecule has 0 aromatic heterocycles. The van der Waals surface area contributed by atoms with Crippen LogP contribution in [0.2, 0.25) is 0 Å². The Bertz CT molecular complexity index is 1020. The third-order valence-electron chi connectivity index (χ3n) is 5.71. The second kappa shape index (κ2) is 11.5. The van der Waals surface area contributed by atoms with Crippen LogP contribution in [-0.2, 0) is 9.59 Å². The van der Waals surface area contributed by atoms with Crippen molar-refractivity contribution >= 4 is 23.3 Å². The maximum atomic E-state index is 12.8. The molecule has 0 unspecified atom stereocenters. The first-order valence-corrected chi connectivity index (χ1v) is 11.5. The molecule has 2 amide bonds. The number of fused-ring (bicyclic) bond motifs is 1. The van der Waals surface area contributed by atoms with Gasteiger partial charge in [0.15, 0.2) is 19.0 Å². The predicted octanol–water partition coefficient (Wildman–Crippen LogP) is 3.99. The zero-order valence-corrected chi connectivity index (χ0v) is 19.6. The van der Waals surface area contributed by atoms with Gasteiger partial charge in [-0.25, -0.2) is 0 Å². The molecule has 3 rings (SSSR count). The molecule has 0 atom stereocenters. The van der Waals surface area contributed by atoms with Gasteiger partial charge in [-0.2, -0.15) is 0 Å². The summed E-state index contributed by atoms with van der Waals surface area (Å²) >= 11 is 0. The van der Waals surface area contributed by atoms with E-state index in [-0.39, 0.29) is 30.8 Å². The Morgan fingerprint density at radius 2 is 1.91 bits per heavy atom. The minimum absolute atomic E-state index is 0.0169. The molecule has 1 aliphatic rings. The molecule has 7 heteroatoms. The van der Waals surface area contributed by atoms with Crippen molar-refractivity contribution in [3.8, 4) is 11.5 Å². The molecule has 2 aromatic carbocycles. The highest BCUT2D eigenvalue weighted by atomic mass is 16.5. The van der Waals surface area contributed by atoms with E-state index in [2.05, 4.69) is 12.2 Å². The third-order valence-corrected chi connectivity index (χ3v) is 5.71. The summed E-state index contributed by atoms with van der Waals surface area (Å²) in [6, 6.07) is 10.8. The van der Waals surface area contributed by atoms with E-state index in [0.29, 0.717) is 48.7 Å². The van der Waals surface area contributed by atoms with Gasteiger partial charge >= 0.3 is 0 Å². The van der Waals surface area contributed by atoms with E-state index in [1.165, 1.54) is 0 Å². The Morgan fingerprint density at radius 3 is 2.67 bits per heavy atom. The lowest BCUT2D eigenvalue weighted by Gasteiger charge is -2.29. The monoisotopic (exact) mass is 452 g/mol. The number of ether oxygens (including phenoxy) is 2. The first-order chi connectivity index (χ1) is 15.9. The number of hydrogen-bond donors (Lipinski definition) is 1. The van der Waals surface area contributed by atoms with Crippen LogP contribution in [0.25, 0.3) is 0 Å². The quantitative estimate of drug-likeness (QED) is 0.412. The van der Waals surface area contributed by atoms with Crippen LogP contribution in [0.1, 0.15) is 54.1 Å². The van der Waals surface area contributed by atoms with E-state index in [1.54, 1.807) is 23.1 Å². The Kier molecular flexibility index (Phi) is 8.46. The zero-order valence-electron chi connectivity index (χ0n) is 19.6. The van der Waals surface area contributed by atoms with Crippen molar-refractivity contribution in [2.24, 2.45) is 0 Å². The molecule has 176 valence electrons. The summed E-state index contributed by atoms with van der Waals surface area (Å²) in [5, 5.41) is 2.88. The first kappa shape index (κ1) is 24.3. The SMILES string of the molecule is CCCCNC(=O)CCCN1C(=O)COc2ccc(C(=O)COc3ccc(C)c(C)c3)cc21. The van der Waals surface area contributed by atoms with Gasteiger partial charge in [0, 0.05) is 25.1 Å². The Balaban J connectivity index is 1.62. The average molecular weight is 453 g/mol. The summed E-state index contributed by atoms with van der Waals surface area (Å²) in [6.45, 7) is 6.98. The van der Waals surface area contributed by atoms with Crippen LogP contribution in [0.15, 0.2) is 36.4 Å². The summed E-state index contributed by atoms with van der Waals surface area (Å²) in [5.74, 6) is 0.793. The minimum Gasteiger partial charge on any atom is -0.485 e. The first-order valence-electron chi connectivity index (χ1n) is 11.5. The Hall–Kier alpha value is -3.35. The molecule has 1 heterocycles. The smallest absolute Gasteiger partial charge is 0.265 e. The normalized spacial score (nSPS) is 12.7. The summed E-state index contributed by atoms with van der Waals surface area (Å²) in [6.07, 6.45) is 2.84. The Labute approximate surface area is 195 Å². The number of rotatable bonds is 11. The summed E-state index contributed by atoms with van der Waals surface area (Å²) < 4.78 is 11.2. The van der Waals surface area contributed by atoms with Crippen LogP contribution in [0.5, 0.6) is 11.5 Å². The fourth-order valence-corrected chi connectivity index (χ4v) is 3.55. The van der Waals surface area contributed by atoms with E-state index in [0.717, 1.165) is 24.0 Å². The average Bonchev–Trinajstić information content (AvgIpc) is 2.81. The molecular formula is C26H32N2O5. The summed E-state index contributed by atoms with van der Waals surface area (Å²) in [4.78, 5) is 38.8. The van der Waals surface area contributed by atoms with Crippen molar-refractivity contribution in [2.45, 2.75) is 46.5 Å². The van der Waals surface area contributed by atoms with Gasteiger partial charge in [-0.15, -0.1) is 0 Å². The van der Waals surface area contributed by atoms with E-state index in [9.17, 15) is 14.4 Å². The molecule has 0 spiro atoms. The van der Waals surface area contributed by atoms with Gasteiger partial charge in [-0.3, -0.25) is 14.4 Å². The van der Waals surface area contributed by atoms with Crippen molar-refractivity contribution in [3.63, 3.8) is 0 Å². The van der Waals surface area contributed by atoms with Crippen LogP contribution in [0.3, 0.4) is 0 Å². The molecule has 1 N–H and O–H groups in total. The second-order valence-corrected chi connectivity index (χ2v) is 8.28. The van der Waals surface area contributed by atoms with Gasteiger partial charge in [-0.1, -0.05) is 19.4 Å². The predicted molar refractivity (Wildman–Crippen MR) is 127 cm³/mol. The number of nitrogens with zero attached hydrogens (tertiary/aromatic N) is 1. The standard InChI is InChI=1S/C26H32N2O5/c1-4-5-12-27-25(30)7-6-13-28-22-15-20(9-11-24(22)33-17-26(28)31)23(29)16-32-21-10-8-18(2)19(3)14-21/h8-11,14-15H,4-7,12-13,16-17H2,1-3H3,(H,27,30). The molecule has 7 nitrogen and oxygen atoms in total. The number of aryl methyl sites for hydroxylation is 2. The van der Waals surface area contributed by atoms with Crippen LogP contribution in [0, 0.1) is 13.8 Å². The molecule has 0 bridgehead atoms. The molecule has 2 aromatic rings. The van der Waals surface area contributed by atoms with E-state index in [4.69, 9.17) is 9.47 Å². The summed E-state index contributed by atoms with van der Waals surface area (Å²) in [7, 11) is 0. The van der Waals surface area contributed by atoms with Gasteiger partial charge in [-0.05, 0) is 68.1 Å². The van der Waals surface area contributed by atoms with Gasteiger partial charge in [0.05, 0.1) is 5.69 Å². The number of ketones is 1. The van der Waals surface area contributed by atoms with Crippen molar-refractivity contribution in [1.29, 1.82) is 0 Å². The maximum Gasteiger partial charge on any atom is 0.265 e. The fourth-order valence-electron chi connectivity index (χ4n) is 3.55. The lowest BCUT2D eigenvalue weighted by Crippen LogP contribution is -2.40. The van der Waals surface area contributed by atoms with Crippen LogP contribution in [0.4, 0.5) is 5.69 Å². The van der Waals surface area contributed by atoms with E-state index in [1.807, 2.05) is 32.0 Å². The number of nitrogens with one attached hydrogen (secondary N) is 1. The number of Topliss-reactive ketones (excluding diaryl/α,β-unsaturated/α-hetero) is 1. The number of benzene rings is 2. The van der Waals surface area contributed by atoms with Crippen molar-refractivity contribution in [2.75, 3.05) is 31.2 Å². The van der Waals surface area contributed by atoms with Gasteiger partial charge in [0.1, 0.15) is 11.5 Å². The third kappa shape index (κ3) is 6.57. The molecular weight excluding hydrogens is 420 g/mol. The number of anilines is 1. The molecule has 0 radical (unpaired) electrons. The van der Waals surface area contributed by atoms with Crippen LogP contribution < -0.4 is 19.7 Å². The zero-order chi connectivity index (χ0) is 23.8. The fraction of sp³-hybridized carbons (Fsp3) is 0.423. The van der Waals surface area contributed by atoms with Gasteiger partial charge < -0.3 is 19.7 Å². The molecule has 0 saturated carbocycles. The topological polar surface area (TPSA) is 84.9 Å². The van der Waals surface area contributed by atoms with Crippen molar-refractivity contribution in [3.05, 3.63) is 53.1 Å². The molecule has 0 saturated heterocycles. The number of hydrogen-bond acceptors (Lipinski definition) is 5. The van der Waals surface area contributed by atoms with Crippen molar-refractivity contribution in [1.82, 2.24) is 5.32 Å². The highest BCUT2D eigenvalue weighted by Gasteiger charge is 2.26. The lowest BCUT2D eigenvalue weighted by molar-refractivity contribution is -0.122. The van der Waals surface area contributed by atoms with E-state index >= 15 is 0 Å². The largest absolute Gasteiger partial charge is 0.485 e. The van der Waals surface area contributed by atoms with Crippen LogP contribution in [-0.4, -0.2) is 43.9 Å². The highest BCUT2D eigenvalue weighted by molar-refractivity contribution is 6.02. The number of carbonyl (C=O) groups is 3. The number of unbranched alkanes of at least 4 members (excludes halogenated alkanes) is 1.